The first-order valence-electron chi connectivity index (χ1n) is 5.23. The lowest BCUT2D eigenvalue weighted by Crippen LogP contribution is -2.11. The van der Waals surface area contributed by atoms with Crippen molar-refractivity contribution in [1.82, 2.24) is 14.8 Å². The van der Waals surface area contributed by atoms with E-state index in [1.807, 2.05) is 0 Å². The van der Waals surface area contributed by atoms with Crippen LogP contribution in [0.1, 0.15) is 16.2 Å². The molecule has 1 aromatic carbocycles. The van der Waals surface area contributed by atoms with Crippen LogP contribution < -0.4 is 11.5 Å². The largest absolute Gasteiger partial charge is 0.454 e. The second-order valence-corrected chi connectivity index (χ2v) is 3.72. The number of nitrogens with zero attached hydrogens (tertiary/aromatic N) is 3. The molecule has 0 aliphatic rings. The first-order valence-corrected chi connectivity index (χ1v) is 5.23. The molecule has 2 rings (SSSR count). The summed E-state index contributed by atoms with van der Waals surface area (Å²) in [6.07, 6.45) is 1.39. The van der Waals surface area contributed by atoms with E-state index < -0.39 is 5.97 Å². The van der Waals surface area contributed by atoms with E-state index in [9.17, 15) is 4.79 Å². The third-order valence-corrected chi connectivity index (χ3v) is 2.43. The highest BCUT2D eigenvalue weighted by atomic mass is 16.5. The normalized spacial score (nSPS) is 10.3. The van der Waals surface area contributed by atoms with Crippen LogP contribution in [0.5, 0.6) is 0 Å². The predicted octanol–water partition coefficient (Wildman–Crippen LogP) is 0.337. The van der Waals surface area contributed by atoms with Crippen molar-refractivity contribution in [2.75, 3.05) is 11.5 Å². The Bertz CT molecular complexity index is 579. The van der Waals surface area contributed by atoms with Crippen molar-refractivity contribution in [1.29, 1.82) is 0 Å². The summed E-state index contributed by atoms with van der Waals surface area (Å²) in [5, 5.41) is 3.87. The van der Waals surface area contributed by atoms with Crippen LogP contribution >= 0.6 is 0 Å². The maximum Gasteiger partial charge on any atom is 0.340 e. The van der Waals surface area contributed by atoms with Crippen LogP contribution in [0.15, 0.2) is 24.5 Å². The topological polar surface area (TPSA) is 109 Å². The van der Waals surface area contributed by atoms with Gasteiger partial charge in [-0.05, 0) is 18.2 Å². The number of carbonyl (C=O) groups excluding carboxylic acids is 1. The average molecular weight is 247 g/mol. The zero-order chi connectivity index (χ0) is 13.1. The van der Waals surface area contributed by atoms with E-state index in [0.29, 0.717) is 11.5 Å². The van der Waals surface area contributed by atoms with E-state index in [-0.39, 0.29) is 17.9 Å². The fraction of sp³-hybridized carbons (Fsp3) is 0.182. The highest BCUT2D eigenvalue weighted by molar-refractivity contribution is 5.95. The van der Waals surface area contributed by atoms with Crippen molar-refractivity contribution < 1.29 is 9.53 Å². The monoisotopic (exact) mass is 247 g/mol. The summed E-state index contributed by atoms with van der Waals surface area (Å²) in [5.74, 6) is 0.0351. The summed E-state index contributed by atoms with van der Waals surface area (Å²) < 4.78 is 6.62. The highest BCUT2D eigenvalue weighted by Crippen LogP contribution is 2.17. The number of nitrogen functional groups attached to an aromatic ring is 2. The van der Waals surface area contributed by atoms with Crippen LogP contribution in [0.2, 0.25) is 0 Å². The Hall–Kier alpha value is -2.57. The number of ether oxygens (including phenoxy) is 1. The zero-order valence-electron chi connectivity index (χ0n) is 9.83. The molecule has 0 saturated heterocycles. The van der Waals surface area contributed by atoms with Crippen molar-refractivity contribution in [2.24, 2.45) is 7.05 Å². The van der Waals surface area contributed by atoms with Gasteiger partial charge in [-0.1, -0.05) is 0 Å². The van der Waals surface area contributed by atoms with Gasteiger partial charge in [0.05, 0.1) is 5.56 Å². The average Bonchev–Trinajstić information content (AvgIpc) is 2.72. The summed E-state index contributed by atoms with van der Waals surface area (Å²) >= 11 is 0. The number of aromatic nitrogens is 3. The maximum absolute atomic E-state index is 11.8. The van der Waals surface area contributed by atoms with Gasteiger partial charge in [-0.3, -0.25) is 4.68 Å². The molecule has 0 unspecified atom stereocenters. The Morgan fingerprint density at radius 2 is 2.22 bits per heavy atom. The molecular weight excluding hydrogens is 234 g/mol. The van der Waals surface area contributed by atoms with Crippen molar-refractivity contribution in [2.45, 2.75) is 6.61 Å². The lowest BCUT2D eigenvalue weighted by Gasteiger charge is -2.07. The molecule has 0 radical (unpaired) electrons. The Labute approximate surface area is 103 Å². The van der Waals surface area contributed by atoms with Crippen LogP contribution in [-0.4, -0.2) is 20.7 Å². The predicted molar refractivity (Wildman–Crippen MR) is 65.4 cm³/mol. The number of benzene rings is 1. The lowest BCUT2D eigenvalue weighted by atomic mass is 10.1. The zero-order valence-corrected chi connectivity index (χ0v) is 9.83. The molecule has 7 heteroatoms. The molecule has 2 aromatic rings. The molecule has 7 nitrogen and oxygen atoms in total. The fourth-order valence-corrected chi connectivity index (χ4v) is 1.43. The number of aryl methyl sites for hydroxylation is 1. The maximum atomic E-state index is 11.8. The number of carbonyl (C=O) groups is 1. The van der Waals surface area contributed by atoms with Gasteiger partial charge in [-0.15, -0.1) is 0 Å². The molecule has 94 valence electrons. The molecule has 1 heterocycles. The van der Waals surface area contributed by atoms with Gasteiger partial charge >= 0.3 is 5.97 Å². The Balaban J connectivity index is 2.06. The van der Waals surface area contributed by atoms with Crippen molar-refractivity contribution in [3.05, 3.63) is 35.9 Å². The Kier molecular flexibility index (Phi) is 3.13. The number of hydrogen-bond acceptors (Lipinski definition) is 6. The SMILES string of the molecule is Cn1ncnc1COC(=O)c1ccc(N)cc1N. The summed E-state index contributed by atoms with van der Waals surface area (Å²) in [6.45, 7) is 0.0408. The molecule has 0 aliphatic carbocycles. The summed E-state index contributed by atoms with van der Waals surface area (Å²) in [6, 6.07) is 4.64. The van der Waals surface area contributed by atoms with Crippen LogP contribution in [-0.2, 0) is 18.4 Å². The van der Waals surface area contributed by atoms with Crippen molar-refractivity contribution >= 4 is 17.3 Å². The van der Waals surface area contributed by atoms with Crippen LogP contribution in [0.25, 0.3) is 0 Å². The van der Waals surface area contributed by atoms with E-state index in [4.69, 9.17) is 16.2 Å². The molecule has 4 N–H and O–H groups in total. The van der Waals surface area contributed by atoms with E-state index in [1.165, 1.54) is 23.1 Å². The minimum absolute atomic E-state index is 0.0408. The molecule has 1 aromatic heterocycles. The van der Waals surface area contributed by atoms with E-state index >= 15 is 0 Å². The van der Waals surface area contributed by atoms with Gasteiger partial charge in [-0.2, -0.15) is 5.10 Å². The first kappa shape index (κ1) is 11.9. The van der Waals surface area contributed by atoms with Crippen LogP contribution in [0.3, 0.4) is 0 Å². The van der Waals surface area contributed by atoms with Gasteiger partial charge in [0.15, 0.2) is 12.4 Å². The third kappa shape index (κ3) is 2.40. The smallest absolute Gasteiger partial charge is 0.340 e. The number of hydrogen-bond donors (Lipinski definition) is 2. The molecule has 18 heavy (non-hydrogen) atoms. The molecule has 0 bridgehead atoms. The van der Waals surface area contributed by atoms with Crippen LogP contribution in [0.4, 0.5) is 11.4 Å². The molecule has 0 saturated carbocycles. The quantitative estimate of drug-likeness (QED) is 0.597. The number of rotatable bonds is 3. The van der Waals surface area contributed by atoms with Gasteiger partial charge in [0.1, 0.15) is 6.33 Å². The van der Waals surface area contributed by atoms with Gasteiger partial charge in [0, 0.05) is 18.4 Å². The van der Waals surface area contributed by atoms with Gasteiger partial charge in [0.25, 0.3) is 0 Å². The first-order chi connectivity index (χ1) is 8.58. The summed E-state index contributed by atoms with van der Waals surface area (Å²) in [4.78, 5) is 15.7. The Morgan fingerprint density at radius 3 is 2.83 bits per heavy atom. The Morgan fingerprint density at radius 1 is 1.44 bits per heavy atom. The van der Waals surface area contributed by atoms with Gasteiger partial charge in [0.2, 0.25) is 0 Å². The minimum atomic E-state index is -0.518. The van der Waals surface area contributed by atoms with Crippen LogP contribution in [0, 0.1) is 0 Å². The molecule has 0 aliphatic heterocycles. The molecule has 0 amide bonds. The lowest BCUT2D eigenvalue weighted by molar-refractivity contribution is 0.0459. The second-order valence-electron chi connectivity index (χ2n) is 3.72. The van der Waals surface area contributed by atoms with E-state index in [1.54, 1.807) is 13.1 Å². The van der Waals surface area contributed by atoms with E-state index in [0.717, 1.165) is 0 Å². The van der Waals surface area contributed by atoms with Gasteiger partial charge < -0.3 is 16.2 Å². The third-order valence-electron chi connectivity index (χ3n) is 2.43. The minimum Gasteiger partial charge on any atom is -0.454 e. The number of anilines is 2. The summed E-state index contributed by atoms with van der Waals surface area (Å²) in [7, 11) is 1.72. The molecule has 0 atom stereocenters. The van der Waals surface area contributed by atoms with Crippen molar-refractivity contribution in [3.63, 3.8) is 0 Å². The van der Waals surface area contributed by atoms with Crippen molar-refractivity contribution in [3.8, 4) is 0 Å². The molecular formula is C11H13N5O2. The number of esters is 1. The standard InChI is InChI=1S/C11H13N5O2/c1-16-10(14-6-15-16)5-18-11(17)8-3-2-7(12)4-9(8)13/h2-4,6H,5,12-13H2,1H3. The second kappa shape index (κ2) is 4.74. The molecule has 0 fully saturated rings. The summed E-state index contributed by atoms with van der Waals surface area (Å²) in [5.41, 5.74) is 12.3. The van der Waals surface area contributed by atoms with Gasteiger partial charge in [-0.25, -0.2) is 9.78 Å². The van der Waals surface area contributed by atoms with E-state index in [2.05, 4.69) is 10.1 Å². The molecule has 0 spiro atoms. The highest BCUT2D eigenvalue weighted by Gasteiger charge is 2.12. The fourth-order valence-electron chi connectivity index (χ4n) is 1.43. The number of nitrogens with two attached hydrogens (primary N) is 2.